The maximum absolute atomic E-state index is 7.53. The average molecular weight is 237 g/mol. The summed E-state index contributed by atoms with van der Waals surface area (Å²) in [5, 5.41) is 12.0. The molecule has 0 unspecified atom stereocenters. The molecule has 0 radical (unpaired) electrons. The van der Waals surface area contributed by atoms with Crippen LogP contribution in [0, 0.1) is 5.41 Å². The predicted molar refractivity (Wildman–Crippen MR) is 64.5 cm³/mol. The lowest BCUT2D eigenvalue weighted by molar-refractivity contribution is 0.130. The van der Waals surface area contributed by atoms with Crippen molar-refractivity contribution in [3.63, 3.8) is 0 Å². The summed E-state index contributed by atoms with van der Waals surface area (Å²) in [4.78, 5) is 1.88. The Morgan fingerprint density at radius 3 is 3.12 bits per heavy atom. The number of aromatic nitrogens is 2. The number of hydrogen-bond donors (Lipinski definition) is 2. The molecule has 0 spiro atoms. The molecule has 0 saturated carbocycles. The highest BCUT2D eigenvalue weighted by molar-refractivity contribution is 5.75. The quantitative estimate of drug-likeness (QED) is 0.593. The minimum atomic E-state index is 0.122. The topological polar surface area (TPSA) is 80.2 Å². The highest BCUT2D eigenvalue weighted by Gasteiger charge is 2.25. The zero-order valence-corrected chi connectivity index (χ0v) is 10.3. The van der Waals surface area contributed by atoms with Gasteiger partial charge in [-0.1, -0.05) is 0 Å². The van der Waals surface area contributed by atoms with Gasteiger partial charge >= 0.3 is 0 Å². The lowest BCUT2D eigenvalue weighted by Gasteiger charge is -2.34. The van der Waals surface area contributed by atoms with Gasteiger partial charge in [0.25, 0.3) is 0 Å². The zero-order valence-electron chi connectivity index (χ0n) is 10.3. The van der Waals surface area contributed by atoms with Gasteiger partial charge in [-0.2, -0.15) is 5.10 Å². The van der Waals surface area contributed by atoms with Crippen LogP contribution in [0.2, 0.25) is 0 Å². The summed E-state index contributed by atoms with van der Waals surface area (Å²) in [6.45, 7) is 6.67. The standard InChI is InChI=1S/C11H19N5O/c1-3-17-7-9-4-10-6-15(11(12)13)8(2)5-16(10)14-9/h4,8H,3,5-7H2,1-2H3,(H3,12,13)/t8-/m0/s1. The van der Waals surface area contributed by atoms with E-state index in [1.807, 2.05) is 29.5 Å². The fourth-order valence-corrected chi connectivity index (χ4v) is 2.08. The molecular weight excluding hydrogens is 218 g/mol. The van der Waals surface area contributed by atoms with Crippen LogP contribution in [0.1, 0.15) is 25.2 Å². The normalized spacial score (nSPS) is 19.2. The van der Waals surface area contributed by atoms with Crippen molar-refractivity contribution < 1.29 is 4.74 Å². The van der Waals surface area contributed by atoms with Crippen molar-refractivity contribution in [1.29, 1.82) is 5.41 Å². The van der Waals surface area contributed by atoms with Crippen LogP contribution >= 0.6 is 0 Å². The van der Waals surface area contributed by atoms with Crippen LogP contribution in [0.3, 0.4) is 0 Å². The number of fused-ring (bicyclic) bond motifs is 1. The Morgan fingerprint density at radius 2 is 2.47 bits per heavy atom. The van der Waals surface area contributed by atoms with E-state index in [1.165, 1.54) is 0 Å². The second-order valence-electron chi connectivity index (χ2n) is 4.31. The number of rotatable bonds is 3. The number of nitrogens with two attached hydrogens (primary N) is 1. The molecule has 94 valence electrons. The van der Waals surface area contributed by atoms with Crippen molar-refractivity contribution in [3.8, 4) is 0 Å². The van der Waals surface area contributed by atoms with E-state index in [9.17, 15) is 0 Å². The van der Waals surface area contributed by atoms with E-state index in [-0.39, 0.29) is 12.0 Å². The Bertz CT molecular complexity index is 414. The maximum atomic E-state index is 7.53. The maximum Gasteiger partial charge on any atom is 0.189 e. The van der Waals surface area contributed by atoms with E-state index in [4.69, 9.17) is 15.9 Å². The van der Waals surface area contributed by atoms with Gasteiger partial charge in [-0.05, 0) is 19.9 Å². The average Bonchev–Trinajstić information content (AvgIpc) is 2.66. The second kappa shape index (κ2) is 4.75. The molecule has 6 heteroatoms. The van der Waals surface area contributed by atoms with Gasteiger partial charge in [-0.3, -0.25) is 10.1 Å². The monoisotopic (exact) mass is 237 g/mol. The largest absolute Gasteiger partial charge is 0.375 e. The van der Waals surface area contributed by atoms with Crippen molar-refractivity contribution in [1.82, 2.24) is 14.7 Å². The lowest BCUT2D eigenvalue weighted by atomic mass is 10.2. The van der Waals surface area contributed by atoms with Crippen LogP contribution in [0.15, 0.2) is 6.07 Å². The third-order valence-electron chi connectivity index (χ3n) is 2.98. The minimum absolute atomic E-state index is 0.122. The first kappa shape index (κ1) is 11.9. The van der Waals surface area contributed by atoms with Crippen molar-refractivity contribution >= 4 is 5.96 Å². The van der Waals surface area contributed by atoms with Gasteiger partial charge in [0.1, 0.15) is 0 Å². The van der Waals surface area contributed by atoms with Gasteiger partial charge in [0.2, 0.25) is 0 Å². The molecule has 0 aromatic carbocycles. The fourth-order valence-electron chi connectivity index (χ4n) is 2.08. The third-order valence-corrected chi connectivity index (χ3v) is 2.98. The molecule has 1 atom stereocenters. The van der Waals surface area contributed by atoms with Crippen molar-refractivity contribution in [3.05, 3.63) is 17.5 Å². The summed E-state index contributed by atoms with van der Waals surface area (Å²) in [5.74, 6) is 0.122. The summed E-state index contributed by atoms with van der Waals surface area (Å²) in [5.41, 5.74) is 7.59. The molecule has 0 fully saturated rings. The van der Waals surface area contributed by atoms with Gasteiger partial charge in [0.05, 0.1) is 31.1 Å². The Labute approximate surface area is 101 Å². The Morgan fingerprint density at radius 1 is 1.71 bits per heavy atom. The molecule has 1 aliphatic heterocycles. The molecular formula is C11H19N5O. The molecule has 6 nitrogen and oxygen atoms in total. The van der Waals surface area contributed by atoms with Crippen LogP contribution in [0.5, 0.6) is 0 Å². The summed E-state index contributed by atoms with van der Waals surface area (Å²) in [6.07, 6.45) is 0. The van der Waals surface area contributed by atoms with Crippen LogP contribution < -0.4 is 5.73 Å². The smallest absolute Gasteiger partial charge is 0.189 e. The van der Waals surface area contributed by atoms with E-state index in [1.54, 1.807) is 0 Å². The summed E-state index contributed by atoms with van der Waals surface area (Å²) in [6, 6.07) is 2.23. The molecule has 2 heterocycles. The molecule has 0 aliphatic carbocycles. The summed E-state index contributed by atoms with van der Waals surface area (Å²) < 4.78 is 7.33. The summed E-state index contributed by atoms with van der Waals surface area (Å²) in [7, 11) is 0. The Kier molecular flexibility index (Phi) is 3.33. The fraction of sp³-hybridized carbons (Fsp3) is 0.636. The van der Waals surface area contributed by atoms with Crippen LogP contribution in [-0.2, 0) is 24.4 Å². The van der Waals surface area contributed by atoms with E-state index in [0.29, 0.717) is 19.8 Å². The highest BCUT2D eigenvalue weighted by atomic mass is 16.5. The molecule has 2 rings (SSSR count). The molecule has 1 aromatic heterocycles. The number of ether oxygens (including phenoxy) is 1. The first-order valence-corrected chi connectivity index (χ1v) is 5.85. The minimum Gasteiger partial charge on any atom is -0.375 e. The zero-order chi connectivity index (χ0) is 12.4. The predicted octanol–water partition coefficient (Wildman–Crippen LogP) is 0.517. The number of nitrogens with one attached hydrogen (secondary N) is 1. The van der Waals surface area contributed by atoms with Crippen LogP contribution in [0.25, 0.3) is 0 Å². The van der Waals surface area contributed by atoms with E-state index < -0.39 is 0 Å². The van der Waals surface area contributed by atoms with Gasteiger partial charge in [-0.15, -0.1) is 0 Å². The van der Waals surface area contributed by atoms with Gasteiger partial charge in [0.15, 0.2) is 5.96 Å². The van der Waals surface area contributed by atoms with Crippen LogP contribution in [0.4, 0.5) is 0 Å². The Hall–Kier alpha value is -1.56. The van der Waals surface area contributed by atoms with Crippen molar-refractivity contribution in [2.75, 3.05) is 6.61 Å². The molecule has 0 bridgehead atoms. The molecule has 1 aromatic rings. The Balaban J connectivity index is 2.14. The van der Waals surface area contributed by atoms with Gasteiger partial charge in [-0.25, -0.2) is 0 Å². The van der Waals surface area contributed by atoms with Gasteiger partial charge in [0, 0.05) is 12.6 Å². The second-order valence-corrected chi connectivity index (χ2v) is 4.31. The number of nitrogens with zero attached hydrogens (tertiary/aromatic N) is 3. The van der Waals surface area contributed by atoms with Crippen molar-refractivity contribution in [2.45, 2.75) is 39.6 Å². The first-order valence-electron chi connectivity index (χ1n) is 5.85. The first-order chi connectivity index (χ1) is 8.11. The van der Waals surface area contributed by atoms with E-state index >= 15 is 0 Å². The molecule has 1 aliphatic rings. The molecule has 3 N–H and O–H groups in total. The highest BCUT2D eigenvalue weighted by Crippen LogP contribution is 2.18. The van der Waals surface area contributed by atoms with Crippen molar-refractivity contribution in [2.24, 2.45) is 5.73 Å². The molecule has 0 amide bonds. The molecule has 0 saturated heterocycles. The van der Waals surface area contributed by atoms with Crippen LogP contribution in [-0.4, -0.2) is 33.3 Å². The SMILES string of the molecule is CCOCc1cc2n(n1)C[C@H](C)N(C(=N)N)C2. The van der Waals surface area contributed by atoms with Gasteiger partial charge < -0.3 is 15.4 Å². The number of guanidine groups is 1. The van der Waals surface area contributed by atoms with E-state index in [0.717, 1.165) is 17.9 Å². The third kappa shape index (κ3) is 2.41. The summed E-state index contributed by atoms with van der Waals surface area (Å²) >= 11 is 0. The van der Waals surface area contributed by atoms with E-state index in [2.05, 4.69) is 5.10 Å². The lowest BCUT2D eigenvalue weighted by Crippen LogP contribution is -2.47. The molecule has 17 heavy (non-hydrogen) atoms. The number of hydrogen-bond acceptors (Lipinski definition) is 3.